The van der Waals surface area contributed by atoms with Gasteiger partial charge in [0.05, 0.1) is 19.3 Å². The molecule has 0 spiro atoms. The van der Waals surface area contributed by atoms with Crippen molar-refractivity contribution in [3.8, 4) is 6.07 Å². The largest absolute Gasteiger partial charge is 0.396 e. The van der Waals surface area contributed by atoms with Crippen molar-refractivity contribution in [3.05, 3.63) is 0 Å². The van der Waals surface area contributed by atoms with Gasteiger partial charge in [-0.3, -0.25) is 0 Å². The lowest BCUT2D eigenvalue weighted by Gasteiger charge is -2.19. The highest BCUT2D eigenvalue weighted by molar-refractivity contribution is 4.90. The summed E-state index contributed by atoms with van der Waals surface area (Å²) in [5.41, 5.74) is -0.241. The minimum absolute atomic E-state index is 0.0700. The molecule has 0 amide bonds. The maximum atomic E-state index is 8.92. The second kappa shape index (κ2) is 3.00. The van der Waals surface area contributed by atoms with Crippen LogP contribution in [0, 0.1) is 16.7 Å². The lowest BCUT2D eigenvalue weighted by Crippen LogP contribution is -2.24. The van der Waals surface area contributed by atoms with Gasteiger partial charge in [0, 0.05) is 18.4 Å². The maximum Gasteiger partial charge on any atom is 0.0629 e. The molecule has 56 valence electrons. The monoisotopic (exact) mass is 141 g/mol. The summed E-state index contributed by atoms with van der Waals surface area (Å²) in [6.07, 6.45) is 1.22. The van der Waals surface area contributed by atoms with Crippen molar-refractivity contribution >= 4 is 0 Å². The highest BCUT2D eigenvalue weighted by Crippen LogP contribution is 2.30. The summed E-state index contributed by atoms with van der Waals surface area (Å²) in [5, 5.41) is 17.3. The molecule has 1 rings (SSSR count). The zero-order chi connectivity index (χ0) is 7.45. The van der Waals surface area contributed by atoms with Gasteiger partial charge in [-0.1, -0.05) is 0 Å². The first-order valence-electron chi connectivity index (χ1n) is 3.38. The summed E-state index contributed by atoms with van der Waals surface area (Å²) in [5.74, 6) is 0. The van der Waals surface area contributed by atoms with Crippen LogP contribution in [0.3, 0.4) is 0 Å². The van der Waals surface area contributed by atoms with Crippen LogP contribution in [-0.2, 0) is 4.74 Å². The van der Waals surface area contributed by atoms with E-state index in [9.17, 15) is 0 Å². The third-order valence-electron chi connectivity index (χ3n) is 1.97. The molecule has 0 saturated carbocycles. The van der Waals surface area contributed by atoms with E-state index >= 15 is 0 Å². The molecule has 0 aliphatic carbocycles. The molecule has 1 fully saturated rings. The second-order valence-electron chi connectivity index (χ2n) is 2.80. The first-order valence-corrected chi connectivity index (χ1v) is 3.38. The van der Waals surface area contributed by atoms with Crippen LogP contribution in [0.1, 0.15) is 12.8 Å². The molecule has 0 aromatic heterocycles. The summed E-state index contributed by atoms with van der Waals surface area (Å²) >= 11 is 0. The topological polar surface area (TPSA) is 53.2 Å². The summed E-state index contributed by atoms with van der Waals surface area (Å²) in [6, 6.07) is 2.06. The molecule has 1 unspecified atom stereocenters. The normalized spacial score (nSPS) is 32.0. The van der Waals surface area contributed by atoms with E-state index in [4.69, 9.17) is 15.1 Å². The molecule has 0 aromatic rings. The Hall–Kier alpha value is -0.590. The molecule has 1 atom stereocenters. The standard InChI is InChI=1S/C7H11NO2/c8-3-1-7(5-9)2-4-10-6-7/h9H,1-2,4-6H2. The fourth-order valence-electron chi connectivity index (χ4n) is 1.14. The van der Waals surface area contributed by atoms with Gasteiger partial charge in [-0.05, 0) is 6.42 Å². The van der Waals surface area contributed by atoms with Gasteiger partial charge in [-0.25, -0.2) is 0 Å². The van der Waals surface area contributed by atoms with Crippen LogP contribution in [-0.4, -0.2) is 24.9 Å². The molecule has 1 saturated heterocycles. The number of rotatable bonds is 2. The van der Waals surface area contributed by atoms with Crippen LogP contribution in [0.5, 0.6) is 0 Å². The first kappa shape index (κ1) is 7.52. The third kappa shape index (κ3) is 1.28. The third-order valence-corrected chi connectivity index (χ3v) is 1.97. The molecule has 3 nitrogen and oxygen atoms in total. The van der Waals surface area contributed by atoms with E-state index in [0.29, 0.717) is 19.6 Å². The van der Waals surface area contributed by atoms with E-state index in [1.54, 1.807) is 0 Å². The van der Waals surface area contributed by atoms with Crippen LogP contribution < -0.4 is 0 Å². The van der Waals surface area contributed by atoms with Gasteiger partial charge in [0.1, 0.15) is 0 Å². The van der Waals surface area contributed by atoms with E-state index in [1.807, 2.05) is 0 Å². The number of hydrogen-bond acceptors (Lipinski definition) is 3. The van der Waals surface area contributed by atoms with E-state index in [2.05, 4.69) is 6.07 Å². The fraction of sp³-hybridized carbons (Fsp3) is 0.857. The van der Waals surface area contributed by atoms with Gasteiger partial charge in [-0.15, -0.1) is 0 Å². The summed E-state index contributed by atoms with van der Waals surface area (Å²) in [4.78, 5) is 0. The van der Waals surface area contributed by atoms with E-state index < -0.39 is 0 Å². The highest BCUT2D eigenvalue weighted by Gasteiger charge is 2.33. The van der Waals surface area contributed by atoms with Gasteiger partial charge in [-0.2, -0.15) is 5.26 Å². The SMILES string of the molecule is N#CCC1(CO)CCOC1. The van der Waals surface area contributed by atoms with Crippen LogP contribution in [0.15, 0.2) is 0 Å². The molecule has 3 heteroatoms. The van der Waals surface area contributed by atoms with Crippen molar-refractivity contribution in [1.82, 2.24) is 0 Å². The van der Waals surface area contributed by atoms with Crippen molar-refractivity contribution in [3.63, 3.8) is 0 Å². The molecule has 1 heterocycles. The molecular formula is C7H11NO2. The second-order valence-corrected chi connectivity index (χ2v) is 2.80. The molecule has 1 aliphatic heterocycles. The van der Waals surface area contributed by atoms with Crippen molar-refractivity contribution in [2.75, 3.05) is 19.8 Å². The molecule has 0 radical (unpaired) electrons. The summed E-state index contributed by atoms with van der Waals surface area (Å²) < 4.78 is 5.09. The Balaban J connectivity index is 2.51. The van der Waals surface area contributed by atoms with E-state index in [0.717, 1.165) is 6.42 Å². The summed E-state index contributed by atoms with van der Waals surface area (Å²) in [6.45, 7) is 1.29. The number of aliphatic hydroxyl groups is 1. The highest BCUT2D eigenvalue weighted by atomic mass is 16.5. The zero-order valence-electron chi connectivity index (χ0n) is 5.84. The number of nitrogens with zero attached hydrogens (tertiary/aromatic N) is 1. The number of hydrogen-bond donors (Lipinski definition) is 1. The van der Waals surface area contributed by atoms with Gasteiger partial charge in [0.2, 0.25) is 0 Å². The molecule has 0 bridgehead atoms. The van der Waals surface area contributed by atoms with Gasteiger partial charge in [0.25, 0.3) is 0 Å². The Morgan fingerprint density at radius 1 is 1.70 bits per heavy atom. The Bertz CT molecular complexity index is 144. The van der Waals surface area contributed by atoms with Crippen LogP contribution in [0.4, 0.5) is 0 Å². The lowest BCUT2D eigenvalue weighted by molar-refractivity contribution is 0.0968. The van der Waals surface area contributed by atoms with Crippen LogP contribution in [0.2, 0.25) is 0 Å². The summed E-state index contributed by atoms with van der Waals surface area (Å²) in [7, 11) is 0. The Labute approximate surface area is 60.2 Å². The number of ether oxygens (including phenoxy) is 1. The van der Waals surface area contributed by atoms with Crippen molar-refractivity contribution in [2.45, 2.75) is 12.8 Å². The molecule has 10 heavy (non-hydrogen) atoms. The molecule has 0 aromatic carbocycles. The molecule has 1 aliphatic rings. The lowest BCUT2D eigenvalue weighted by atomic mass is 9.85. The molecular weight excluding hydrogens is 130 g/mol. The predicted octanol–water partition coefficient (Wildman–Crippen LogP) is 0.299. The maximum absolute atomic E-state index is 8.92. The zero-order valence-corrected chi connectivity index (χ0v) is 5.84. The number of aliphatic hydroxyl groups excluding tert-OH is 1. The minimum atomic E-state index is -0.241. The van der Waals surface area contributed by atoms with Crippen LogP contribution in [0.25, 0.3) is 0 Å². The number of nitriles is 1. The minimum Gasteiger partial charge on any atom is -0.396 e. The Kier molecular flexibility index (Phi) is 2.25. The Morgan fingerprint density at radius 2 is 2.50 bits per heavy atom. The van der Waals surface area contributed by atoms with Crippen LogP contribution >= 0.6 is 0 Å². The van der Waals surface area contributed by atoms with Crippen molar-refractivity contribution < 1.29 is 9.84 Å². The fourth-order valence-corrected chi connectivity index (χ4v) is 1.14. The quantitative estimate of drug-likeness (QED) is 0.601. The predicted molar refractivity (Wildman–Crippen MR) is 35.2 cm³/mol. The van der Waals surface area contributed by atoms with Gasteiger partial charge < -0.3 is 9.84 Å². The van der Waals surface area contributed by atoms with Gasteiger partial charge in [0.15, 0.2) is 0 Å². The van der Waals surface area contributed by atoms with Crippen molar-refractivity contribution in [2.24, 2.45) is 5.41 Å². The Morgan fingerprint density at radius 3 is 2.90 bits per heavy atom. The molecule has 1 N–H and O–H groups in total. The van der Waals surface area contributed by atoms with E-state index in [1.165, 1.54) is 0 Å². The van der Waals surface area contributed by atoms with Gasteiger partial charge >= 0.3 is 0 Å². The average Bonchev–Trinajstić information content (AvgIpc) is 2.39. The van der Waals surface area contributed by atoms with E-state index in [-0.39, 0.29) is 12.0 Å². The van der Waals surface area contributed by atoms with Crippen molar-refractivity contribution in [1.29, 1.82) is 5.26 Å². The smallest absolute Gasteiger partial charge is 0.0629 e. The average molecular weight is 141 g/mol. The first-order chi connectivity index (χ1) is 4.83.